The van der Waals surface area contributed by atoms with E-state index in [1.165, 1.54) is 26.2 Å². The summed E-state index contributed by atoms with van der Waals surface area (Å²) < 4.78 is 32.9. The van der Waals surface area contributed by atoms with Crippen LogP contribution >= 0.6 is 0 Å². The van der Waals surface area contributed by atoms with Gasteiger partial charge in [0.15, 0.2) is 6.10 Å². The molecule has 0 radical (unpaired) electrons. The molecule has 1 saturated heterocycles. The van der Waals surface area contributed by atoms with Gasteiger partial charge in [0, 0.05) is 19.8 Å². The quantitative estimate of drug-likeness (QED) is 0.873. The molecule has 3 rings (SSSR count). The van der Waals surface area contributed by atoms with E-state index in [1.54, 1.807) is 0 Å². The molecule has 0 bridgehead atoms. The summed E-state index contributed by atoms with van der Waals surface area (Å²) in [4.78, 5) is 36.9. The van der Waals surface area contributed by atoms with E-state index in [0.29, 0.717) is 0 Å². The molecule has 7 nitrogen and oxygen atoms in total. The Labute approximate surface area is 129 Å². The van der Waals surface area contributed by atoms with Crippen LogP contribution in [0.5, 0.6) is 0 Å². The lowest BCUT2D eigenvalue weighted by atomic mass is 10.1. The van der Waals surface area contributed by atoms with Gasteiger partial charge in [-0.05, 0) is 18.2 Å². The number of anilines is 2. The number of nitrogens with zero attached hydrogens (tertiary/aromatic N) is 2. The molecular weight excluding hydrogens is 312 g/mol. The second-order valence-electron chi connectivity index (χ2n) is 5.24. The van der Waals surface area contributed by atoms with Crippen molar-refractivity contribution in [2.75, 3.05) is 30.4 Å². The smallest absolute Gasteiger partial charge is 0.415 e. The fourth-order valence-electron chi connectivity index (χ4n) is 2.64. The van der Waals surface area contributed by atoms with Crippen molar-refractivity contribution < 1.29 is 27.9 Å². The van der Waals surface area contributed by atoms with Crippen LogP contribution in [0.4, 0.5) is 25.0 Å². The highest BCUT2D eigenvalue weighted by Gasteiger charge is 2.52. The molecule has 0 spiro atoms. The summed E-state index contributed by atoms with van der Waals surface area (Å²) in [5, 5.41) is 2.35. The van der Waals surface area contributed by atoms with Crippen LogP contribution in [0, 0.1) is 0 Å². The van der Waals surface area contributed by atoms with Gasteiger partial charge in [-0.3, -0.25) is 14.5 Å². The Kier molecular flexibility index (Phi) is 3.24. The lowest BCUT2D eigenvalue weighted by Crippen LogP contribution is -2.35. The number of benzene rings is 1. The van der Waals surface area contributed by atoms with E-state index in [-0.39, 0.29) is 17.9 Å². The average molecular weight is 325 g/mol. The van der Waals surface area contributed by atoms with Crippen LogP contribution in [-0.4, -0.2) is 44.7 Å². The first-order valence-corrected chi connectivity index (χ1v) is 6.77. The summed E-state index contributed by atoms with van der Waals surface area (Å²) in [5.74, 6) is -5.46. The summed E-state index contributed by atoms with van der Waals surface area (Å²) in [6.07, 6.45) is -1.81. The summed E-state index contributed by atoms with van der Waals surface area (Å²) in [6.45, 7) is -0.0906. The van der Waals surface area contributed by atoms with Gasteiger partial charge in [-0.25, -0.2) is 4.79 Å². The summed E-state index contributed by atoms with van der Waals surface area (Å²) in [7, 11) is 2.66. The first-order valence-electron chi connectivity index (χ1n) is 6.77. The van der Waals surface area contributed by atoms with Crippen LogP contribution in [0.15, 0.2) is 18.2 Å². The zero-order valence-corrected chi connectivity index (χ0v) is 12.3. The van der Waals surface area contributed by atoms with Gasteiger partial charge in [-0.15, -0.1) is 0 Å². The molecule has 122 valence electrons. The zero-order chi connectivity index (χ0) is 16.9. The first kappa shape index (κ1) is 15.2. The lowest BCUT2D eigenvalue weighted by Gasteiger charge is -2.15. The Morgan fingerprint density at radius 3 is 2.74 bits per heavy atom. The van der Waals surface area contributed by atoms with E-state index >= 15 is 0 Å². The molecule has 1 N–H and O–H groups in total. The van der Waals surface area contributed by atoms with E-state index in [0.717, 1.165) is 15.9 Å². The fourth-order valence-corrected chi connectivity index (χ4v) is 2.64. The number of likely N-dealkylation sites (N-methyl/N-ethyl adjacent to an activating group) is 2. The maximum absolute atomic E-state index is 14.0. The highest BCUT2D eigenvalue weighted by Crippen LogP contribution is 2.45. The Bertz CT molecular complexity index is 722. The van der Waals surface area contributed by atoms with Gasteiger partial charge in [0.25, 0.3) is 5.91 Å². The number of nitrogens with one attached hydrogen (secondary N) is 1. The first-order chi connectivity index (χ1) is 10.8. The van der Waals surface area contributed by atoms with Crippen molar-refractivity contribution in [3.05, 3.63) is 23.8 Å². The van der Waals surface area contributed by atoms with Crippen LogP contribution in [-0.2, 0) is 20.2 Å². The van der Waals surface area contributed by atoms with Crippen molar-refractivity contribution in [1.29, 1.82) is 0 Å². The summed E-state index contributed by atoms with van der Waals surface area (Å²) in [6, 6.07) is 3.84. The number of hydrogen-bond donors (Lipinski definition) is 1. The molecule has 2 aliphatic heterocycles. The van der Waals surface area contributed by atoms with Gasteiger partial charge in [-0.1, -0.05) is 0 Å². The summed E-state index contributed by atoms with van der Waals surface area (Å²) >= 11 is 0. The van der Waals surface area contributed by atoms with Crippen molar-refractivity contribution >= 4 is 29.3 Å². The fraction of sp³-hybridized carbons (Fsp3) is 0.357. The Hall–Kier alpha value is -2.71. The minimum atomic E-state index is -3.65. The van der Waals surface area contributed by atoms with Crippen molar-refractivity contribution in [2.45, 2.75) is 12.0 Å². The molecule has 1 unspecified atom stereocenters. The molecular formula is C14H13F2N3O4. The number of halogens is 2. The number of fused-ring (bicyclic) bond motifs is 1. The molecule has 0 aromatic heterocycles. The molecule has 9 heteroatoms. The molecule has 3 amide bonds. The highest BCUT2D eigenvalue weighted by molar-refractivity contribution is 6.06. The summed E-state index contributed by atoms with van der Waals surface area (Å²) in [5.41, 5.74) is -0.249. The van der Waals surface area contributed by atoms with E-state index in [9.17, 15) is 23.2 Å². The van der Waals surface area contributed by atoms with E-state index in [1.807, 2.05) is 0 Å². The second-order valence-corrected chi connectivity index (χ2v) is 5.24. The van der Waals surface area contributed by atoms with Gasteiger partial charge < -0.3 is 15.0 Å². The third-order valence-electron chi connectivity index (χ3n) is 3.92. The SMILES string of the molecule is CNC(=O)C1CN(c2ccc3c(c2)C(F)(F)C(=O)N3C)C(=O)O1. The number of ether oxygens (including phenoxy) is 1. The molecule has 2 heterocycles. The highest BCUT2D eigenvalue weighted by atomic mass is 19.3. The Morgan fingerprint density at radius 1 is 1.39 bits per heavy atom. The maximum atomic E-state index is 14.0. The van der Waals surface area contributed by atoms with Gasteiger partial charge >= 0.3 is 17.9 Å². The van der Waals surface area contributed by atoms with Crippen molar-refractivity contribution in [2.24, 2.45) is 0 Å². The number of carbonyl (C=O) groups excluding carboxylic acids is 3. The third kappa shape index (κ3) is 2.11. The molecule has 23 heavy (non-hydrogen) atoms. The minimum Gasteiger partial charge on any atom is -0.434 e. The topological polar surface area (TPSA) is 79.0 Å². The zero-order valence-electron chi connectivity index (χ0n) is 12.3. The number of carbonyl (C=O) groups is 3. The Balaban J connectivity index is 1.95. The van der Waals surface area contributed by atoms with E-state index in [2.05, 4.69) is 5.32 Å². The molecule has 0 aliphatic carbocycles. The van der Waals surface area contributed by atoms with Gasteiger partial charge in [0.1, 0.15) is 0 Å². The van der Waals surface area contributed by atoms with Crippen molar-refractivity contribution in [3.63, 3.8) is 0 Å². The van der Waals surface area contributed by atoms with Crippen LogP contribution in [0.3, 0.4) is 0 Å². The Morgan fingerprint density at radius 2 is 2.09 bits per heavy atom. The monoisotopic (exact) mass is 325 g/mol. The van der Waals surface area contributed by atoms with Crippen molar-refractivity contribution in [3.8, 4) is 0 Å². The van der Waals surface area contributed by atoms with Gasteiger partial charge in [-0.2, -0.15) is 8.78 Å². The molecule has 1 aromatic rings. The van der Waals surface area contributed by atoms with Crippen LogP contribution in [0.1, 0.15) is 5.56 Å². The van der Waals surface area contributed by atoms with Crippen molar-refractivity contribution in [1.82, 2.24) is 5.32 Å². The van der Waals surface area contributed by atoms with Crippen LogP contribution in [0.2, 0.25) is 0 Å². The van der Waals surface area contributed by atoms with E-state index in [4.69, 9.17) is 4.74 Å². The second kappa shape index (κ2) is 4.90. The number of cyclic esters (lactones) is 1. The molecule has 2 aliphatic rings. The van der Waals surface area contributed by atoms with Crippen LogP contribution < -0.4 is 15.1 Å². The predicted molar refractivity (Wildman–Crippen MR) is 75.4 cm³/mol. The van der Waals surface area contributed by atoms with E-state index < -0.39 is 35.5 Å². The molecule has 1 atom stereocenters. The number of alkyl halides is 2. The van der Waals surface area contributed by atoms with Crippen LogP contribution in [0.25, 0.3) is 0 Å². The normalized spacial score (nSPS) is 22.2. The molecule has 0 saturated carbocycles. The largest absolute Gasteiger partial charge is 0.434 e. The minimum absolute atomic E-state index is 0.0826. The molecule has 1 aromatic carbocycles. The van der Waals surface area contributed by atoms with Gasteiger partial charge in [0.2, 0.25) is 0 Å². The standard InChI is InChI=1S/C14H13F2N3O4/c1-17-11(20)10-6-19(13(22)23-10)7-3-4-9-8(5-7)14(15,16)12(21)18(9)2/h3-5,10H,6H2,1-2H3,(H,17,20). The van der Waals surface area contributed by atoms with Gasteiger partial charge in [0.05, 0.1) is 17.8 Å². The molecule has 1 fully saturated rings. The maximum Gasteiger partial charge on any atom is 0.415 e. The lowest BCUT2D eigenvalue weighted by molar-refractivity contribution is -0.141. The number of rotatable bonds is 2. The predicted octanol–water partition coefficient (Wildman–Crippen LogP) is 0.826. The average Bonchev–Trinajstić information content (AvgIpc) is 3.00. The number of amides is 3. The number of hydrogen-bond acceptors (Lipinski definition) is 4. The third-order valence-corrected chi connectivity index (χ3v) is 3.92.